The number of ether oxygens (including phenoxy) is 2. The van der Waals surface area contributed by atoms with Crippen molar-refractivity contribution in [3.63, 3.8) is 0 Å². The van der Waals surface area contributed by atoms with Crippen LogP contribution in [0.5, 0.6) is 0 Å². The molecular formula is C23H40O2. The molecule has 3 saturated carbocycles. The highest BCUT2D eigenvalue weighted by molar-refractivity contribution is 4.83. The Morgan fingerprint density at radius 3 is 2.60 bits per heavy atom. The van der Waals surface area contributed by atoms with E-state index in [2.05, 4.69) is 12.8 Å². The fourth-order valence-corrected chi connectivity index (χ4v) is 4.92. The van der Waals surface area contributed by atoms with Gasteiger partial charge in [0.05, 0.1) is 18.3 Å². The van der Waals surface area contributed by atoms with Gasteiger partial charge in [-0.25, -0.2) is 0 Å². The lowest BCUT2D eigenvalue weighted by molar-refractivity contribution is -0.0145. The van der Waals surface area contributed by atoms with E-state index in [1.807, 2.05) is 0 Å². The number of hydrogen-bond donors (Lipinski definition) is 0. The largest absolute Gasteiger partial charge is 0.378 e. The molecule has 0 spiro atoms. The lowest BCUT2D eigenvalue weighted by Crippen LogP contribution is -2.24. The van der Waals surface area contributed by atoms with E-state index in [1.54, 1.807) is 0 Å². The fourth-order valence-electron chi connectivity index (χ4n) is 4.92. The Morgan fingerprint density at radius 1 is 0.720 bits per heavy atom. The molecule has 0 aliphatic heterocycles. The van der Waals surface area contributed by atoms with Crippen LogP contribution in [0.3, 0.4) is 0 Å². The maximum Gasteiger partial charge on any atom is 0.0610 e. The SMILES string of the molecule is [CH]1CCCC(OCCCC2CCCC(OC3[CH]CCCC3)CC2)CC1. The van der Waals surface area contributed by atoms with Gasteiger partial charge in [-0.15, -0.1) is 0 Å². The monoisotopic (exact) mass is 348 g/mol. The second-order valence-corrected chi connectivity index (χ2v) is 8.62. The first kappa shape index (κ1) is 19.7. The minimum Gasteiger partial charge on any atom is -0.378 e. The van der Waals surface area contributed by atoms with Crippen molar-refractivity contribution in [1.82, 2.24) is 0 Å². The maximum absolute atomic E-state index is 6.39. The topological polar surface area (TPSA) is 18.5 Å². The first-order valence-electron chi connectivity index (χ1n) is 11.3. The van der Waals surface area contributed by atoms with Crippen LogP contribution in [0.15, 0.2) is 0 Å². The molecule has 0 aromatic heterocycles. The highest BCUT2D eigenvalue weighted by Gasteiger charge is 2.23. The first-order valence-corrected chi connectivity index (χ1v) is 11.3. The zero-order valence-corrected chi connectivity index (χ0v) is 16.3. The molecule has 4 atom stereocenters. The third kappa shape index (κ3) is 7.59. The van der Waals surface area contributed by atoms with Gasteiger partial charge in [0.25, 0.3) is 0 Å². The van der Waals surface area contributed by atoms with Crippen LogP contribution < -0.4 is 0 Å². The summed E-state index contributed by atoms with van der Waals surface area (Å²) in [4.78, 5) is 0. The number of hydrogen-bond acceptors (Lipinski definition) is 2. The predicted molar refractivity (Wildman–Crippen MR) is 104 cm³/mol. The molecule has 25 heavy (non-hydrogen) atoms. The normalized spacial score (nSPS) is 30.7. The van der Waals surface area contributed by atoms with Gasteiger partial charge >= 0.3 is 0 Å². The molecule has 2 nitrogen and oxygen atoms in total. The lowest BCUT2D eigenvalue weighted by atomic mass is 9.95. The Hall–Kier alpha value is -0.0800. The molecule has 0 bridgehead atoms. The quantitative estimate of drug-likeness (QED) is 0.390. The second kappa shape index (κ2) is 11.6. The summed E-state index contributed by atoms with van der Waals surface area (Å²) in [6.45, 7) is 0.984. The minimum absolute atomic E-state index is 0.459. The summed E-state index contributed by atoms with van der Waals surface area (Å²) in [5.41, 5.74) is 0. The summed E-state index contributed by atoms with van der Waals surface area (Å²) >= 11 is 0. The molecular weight excluding hydrogens is 308 g/mol. The molecule has 3 fully saturated rings. The van der Waals surface area contributed by atoms with Crippen LogP contribution in [0, 0.1) is 18.8 Å². The van der Waals surface area contributed by atoms with Crippen LogP contribution in [-0.4, -0.2) is 24.9 Å². The molecule has 144 valence electrons. The maximum atomic E-state index is 6.39. The van der Waals surface area contributed by atoms with Crippen LogP contribution in [0.2, 0.25) is 0 Å². The number of rotatable bonds is 7. The average Bonchev–Trinajstić information content (AvgIpc) is 3.03. The van der Waals surface area contributed by atoms with Gasteiger partial charge in [0.2, 0.25) is 0 Å². The van der Waals surface area contributed by atoms with Crippen molar-refractivity contribution in [2.45, 2.75) is 121 Å². The zero-order chi connectivity index (χ0) is 17.2. The van der Waals surface area contributed by atoms with Crippen LogP contribution in [0.25, 0.3) is 0 Å². The molecule has 4 unspecified atom stereocenters. The summed E-state index contributed by atoms with van der Waals surface area (Å²) < 4.78 is 12.6. The van der Waals surface area contributed by atoms with E-state index in [1.165, 1.54) is 103 Å². The molecule has 0 aromatic carbocycles. The zero-order valence-electron chi connectivity index (χ0n) is 16.3. The standard InChI is InChI=1S/C23H40O2/c1-2-5-13-21(12-4-1)24-19-9-11-20-10-8-16-23(18-17-20)25-22-14-6-3-7-15-22/h1,14,20-23H,2-13,15-19H2. The van der Waals surface area contributed by atoms with Gasteiger partial charge in [0.1, 0.15) is 0 Å². The molecule has 3 aliphatic carbocycles. The fraction of sp³-hybridized carbons (Fsp3) is 0.913. The Kier molecular flexibility index (Phi) is 9.13. The van der Waals surface area contributed by atoms with Crippen molar-refractivity contribution in [2.75, 3.05) is 6.61 Å². The van der Waals surface area contributed by atoms with Crippen molar-refractivity contribution in [2.24, 2.45) is 5.92 Å². The molecule has 2 heteroatoms. The third-order valence-electron chi connectivity index (χ3n) is 6.51. The van der Waals surface area contributed by atoms with E-state index in [9.17, 15) is 0 Å². The molecule has 3 aliphatic rings. The molecule has 3 rings (SSSR count). The summed E-state index contributed by atoms with van der Waals surface area (Å²) in [6.07, 6.45) is 27.4. The van der Waals surface area contributed by atoms with Gasteiger partial charge in [-0.1, -0.05) is 38.5 Å². The summed E-state index contributed by atoms with van der Waals surface area (Å²) in [5.74, 6) is 0.912. The summed E-state index contributed by atoms with van der Waals surface area (Å²) in [5, 5.41) is 0. The van der Waals surface area contributed by atoms with Crippen LogP contribution >= 0.6 is 0 Å². The smallest absolute Gasteiger partial charge is 0.0610 e. The predicted octanol–water partition coefficient (Wildman–Crippen LogP) is 6.43. The Labute approximate surface area is 156 Å². The average molecular weight is 349 g/mol. The van der Waals surface area contributed by atoms with E-state index < -0.39 is 0 Å². The van der Waals surface area contributed by atoms with E-state index >= 15 is 0 Å². The lowest BCUT2D eigenvalue weighted by Gasteiger charge is -2.27. The van der Waals surface area contributed by atoms with Crippen LogP contribution in [0.1, 0.15) is 103 Å². The van der Waals surface area contributed by atoms with Crippen molar-refractivity contribution >= 4 is 0 Å². The van der Waals surface area contributed by atoms with E-state index in [0.717, 1.165) is 12.5 Å². The van der Waals surface area contributed by atoms with Gasteiger partial charge in [-0.05, 0) is 83.0 Å². The Bertz CT molecular complexity index is 329. The second-order valence-electron chi connectivity index (χ2n) is 8.62. The van der Waals surface area contributed by atoms with E-state index in [-0.39, 0.29) is 0 Å². The van der Waals surface area contributed by atoms with E-state index in [4.69, 9.17) is 9.47 Å². The first-order chi connectivity index (χ1) is 12.4. The van der Waals surface area contributed by atoms with Gasteiger partial charge in [0.15, 0.2) is 0 Å². The van der Waals surface area contributed by atoms with Gasteiger partial charge < -0.3 is 9.47 Å². The summed E-state index contributed by atoms with van der Waals surface area (Å²) in [7, 11) is 0. The molecule has 2 radical (unpaired) electrons. The van der Waals surface area contributed by atoms with Crippen molar-refractivity contribution in [3.8, 4) is 0 Å². The third-order valence-corrected chi connectivity index (χ3v) is 6.51. The molecule has 0 N–H and O–H groups in total. The Morgan fingerprint density at radius 2 is 1.68 bits per heavy atom. The van der Waals surface area contributed by atoms with Crippen LogP contribution in [-0.2, 0) is 9.47 Å². The van der Waals surface area contributed by atoms with E-state index in [0.29, 0.717) is 18.3 Å². The molecule has 0 aromatic rings. The highest BCUT2D eigenvalue weighted by Crippen LogP contribution is 2.31. The van der Waals surface area contributed by atoms with Gasteiger partial charge in [-0.2, -0.15) is 0 Å². The highest BCUT2D eigenvalue weighted by atomic mass is 16.5. The van der Waals surface area contributed by atoms with Crippen molar-refractivity contribution in [1.29, 1.82) is 0 Å². The molecule has 0 amide bonds. The van der Waals surface area contributed by atoms with Crippen molar-refractivity contribution in [3.05, 3.63) is 12.8 Å². The minimum atomic E-state index is 0.459. The van der Waals surface area contributed by atoms with Gasteiger partial charge in [0, 0.05) is 6.61 Å². The molecule has 0 heterocycles. The molecule has 0 saturated heterocycles. The van der Waals surface area contributed by atoms with Crippen molar-refractivity contribution < 1.29 is 9.47 Å². The van der Waals surface area contributed by atoms with Crippen LogP contribution in [0.4, 0.5) is 0 Å². The Balaban J connectivity index is 1.26. The summed E-state index contributed by atoms with van der Waals surface area (Å²) in [6, 6.07) is 0. The van der Waals surface area contributed by atoms with Gasteiger partial charge in [-0.3, -0.25) is 0 Å².